The van der Waals surface area contributed by atoms with E-state index in [2.05, 4.69) is 22.0 Å². The smallest absolute Gasteiger partial charge is 0.227 e. The van der Waals surface area contributed by atoms with Crippen LogP contribution in [0.25, 0.3) is 0 Å². The van der Waals surface area contributed by atoms with Crippen molar-refractivity contribution in [3.8, 4) is 0 Å². The number of imidazole rings is 1. The van der Waals surface area contributed by atoms with E-state index in [4.69, 9.17) is 4.74 Å². The van der Waals surface area contributed by atoms with Crippen LogP contribution in [0.3, 0.4) is 0 Å². The van der Waals surface area contributed by atoms with Crippen LogP contribution in [-0.4, -0.2) is 50.2 Å². The van der Waals surface area contributed by atoms with E-state index < -0.39 is 5.72 Å². The highest BCUT2D eigenvalue weighted by Crippen LogP contribution is 2.51. The molecule has 0 aliphatic carbocycles. The van der Waals surface area contributed by atoms with Crippen molar-refractivity contribution in [2.45, 2.75) is 37.2 Å². The molecule has 0 N–H and O–H groups in total. The summed E-state index contributed by atoms with van der Waals surface area (Å²) in [4.78, 5) is 21.7. The minimum Gasteiger partial charge on any atom is -0.351 e. The standard InChI is InChI=1S/C19H22N4O2/c1-21-10-8-20-17(21)12-22-9-7-19-16(22)11-18(24)23(19)15(13-25-19)14-5-3-2-4-6-14/h2-6,8,10,15-16H,7,9,11-13H2,1H3/t15-,16+,19-/m0/s1. The van der Waals surface area contributed by atoms with Gasteiger partial charge in [0.2, 0.25) is 5.91 Å². The zero-order chi connectivity index (χ0) is 17.0. The Bertz CT molecular complexity index is 805. The third-order valence-electron chi connectivity index (χ3n) is 6.02. The number of nitrogens with zero attached hydrogens (tertiary/aromatic N) is 4. The lowest BCUT2D eigenvalue weighted by Crippen LogP contribution is -2.48. The molecule has 6 heteroatoms. The molecule has 4 heterocycles. The van der Waals surface area contributed by atoms with Crippen molar-refractivity contribution < 1.29 is 9.53 Å². The first-order valence-corrected chi connectivity index (χ1v) is 8.90. The molecule has 1 aromatic carbocycles. The van der Waals surface area contributed by atoms with Crippen molar-refractivity contribution in [1.82, 2.24) is 19.4 Å². The van der Waals surface area contributed by atoms with Gasteiger partial charge in [-0.05, 0) is 5.56 Å². The maximum atomic E-state index is 12.9. The Labute approximate surface area is 147 Å². The summed E-state index contributed by atoms with van der Waals surface area (Å²) in [5.74, 6) is 1.24. The van der Waals surface area contributed by atoms with E-state index in [1.54, 1.807) is 0 Å². The summed E-state index contributed by atoms with van der Waals surface area (Å²) in [7, 11) is 2.01. The topological polar surface area (TPSA) is 50.6 Å². The molecule has 6 nitrogen and oxygen atoms in total. The lowest BCUT2D eigenvalue weighted by Gasteiger charge is -2.33. The monoisotopic (exact) mass is 338 g/mol. The van der Waals surface area contributed by atoms with E-state index in [0.717, 1.165) is 30.9 Å². The van der Waals surface area contributed by atoms with E-state index >= 15 is 0 Å². The molecule has 0 radical (unpaired) electrons. The number of carbonyl (C=O) groups is 1. The first kappa shape index (κ1) is 15.1. The van der Waals surface area contributed by atoms with Crippen LogP contribution in [0.1, 0.15) is 30.3 Å². The van der Waals surface area contributed by atoms with Gasteiger partial charge in [-0.1, -0.05) is 30.3 Å². The summed E-state index contributed by atoms with van der Waals surface area (Å²) in [6.45, 7) is 2.28. The molecule has 130 valence electrons. The van der Waals surface area contributed by atoms with E-state index in [0.29, 0.717) is 13.0 Å². The molecule has 3 aliphatic heterocycles. The maximum absolute atomic E-state index is 12.9. The van der Waals surface area contributed by atoms with Crippen molar-refractivity contribution in [3.05, 3.63) is 54.1 Å². The Balaban J connectivity index is 1.44. The van der Waals surface area contributed by atoms with Crippen LogP contribution in [0.15, 0.2) is 42.7 Å². The molecule has 0 unspecified atom stereocenters. The molecule has 2 aromatic rings. The van der Waals surface area contributed by atoms with Crippen molar-refractivity contribution in [3.63, 3.8) is 0 Å². The lowest BCUT2D eigenvalue weighted by molar-refractivity contribution is -0.138. The number of likely N-dealkylation sites (tertiary alicyclic amines) is 1. The van der Waals surface area contributed by atoms with Gasteiger partial charge in [-0.25, -0.2) is 4.98 Å². The summed E-state index contributed by atoms with van der Waals surface area (Å²) in [6, 6.07) is 10.4. The predicted molar refractivity (Wildman–Crippen MR) is 91.4 cm³/mol. The molecule has 1 spiro atoms. The number of ether oxygens (including phenoxy) is 1. The Morgan fingerprint density at radius 1 is 1.32 bits per heavy atom. The molecule has 3 atom stereocenters. The fourth-order valence-electron chi connectivity index (χ4n) is 4.77. The van der Waals surface area contributed by atoms with Crippen LogP contribution in [0.5, 0.6) is 0 Å². The summed E-state index contributed by atoms with van der Waals surface area (Å²) in [6.07, 6.45) is 5.19. The maximum Gasteiger partial charge on any atom is 0.227 e. The molecule has 1 amide bonds. The van der Waals surface area contributed by atoms with E-state index in [1.165, 1.54) is 0 Å². The summed E-state index contributed by atoms with van der Waals surface area (Å²) >= 11 is 0. The highest BCUT2D eigenvalue weighted by molar-refractivity contribution is 5.82. The molecule has 1 aromatic heterocycles. The number of benzene rings is 1. The Kier molecular flexibility index (Phi) is 3.27. The molecular formula is C19H22N4O2. The van der Waals surface area contributed by atoms with Gasteiger partial charge in [0.05, 0.1) is 25.2 Å². The summed E-state index contributed by atoms with van der Waals surface area (Å²) < 4.78 is 8.39. The van der Waals surface area contributed by atoms with E-state index in [1.807, 2.05) is 47.1 Å². The predicted octanol–water partition coefficient (Wildman–Crippen LogP) is 1.69. The number of aryl methyl sites for hydroxylation is 1. The molecule has 3 aliphatic rings. The van der Waals surface area contributed by atoms with Gasteiger partial charge < -0.3 is 14.2 Å². The summed E-state index contributed by atoms with van der Waals surface area (Å²) in [5, 5.41) is 0. The van der Waals surface area contributed by atoms with Crippen LogP contribution in [0.4, 0.5) is 0 Å². The molecule has 25 heavy (non-hydrogen) atoms. The number of carbonyl (C=O) groups excluding carboxylic acids is 1. The van der Waals surface area contributed by atoms with Gasteiger partial charge in [-0.2, -0.15) is 0 Å². The van der Waals surface area contributed by atoms with Crippen molar-refractivity contribution >= 4 is 5.91 Å². The average Bonchev–Trinajstić information content (AvgIpc) is 3.34. The fourth-order valence-corrected chi connectivity index (χ4v) is 4.77. The molecule has 5 rings (SSSR count). The molecule has 0 bridgehead atoms. The first-order chi connectivity index (χ1) is 12.2. The van der Waals surface area contributed by atoms with E-state index in [9.17, 15) is 4.79 Å². The van der Waals surface area contributed by atoms with Gasteiger partial charge in [0.15, 0.2) is 5.72 Å². The highest BCUT2D eigenvalue weighted by atomic mass is 16.5. The average molecular weight is 338 g/mol. The van der Waals surface area contributed by atoms with Crippen LogP contribution < -0.4 is 0 Å². The number of amides is 1. The van der Waals surface area contributed by atoms with Gasteiger partial charge in [-0.15, -0.1) is 0 Å². The van der Waals surface area contributed by atoms with Crippen molar-refractivity contribution in [1.29, 1.82) is 0 Å². The van der Waals surface area contributed by atoms with E-state index in [-0.39, 0.29) is 18.0 Å². The van der Waals surface area contributed by atoms with Crippen LogP contribution in [0, 0.1) is 0 Å². The lowest BCUT2D eigenvalue weighted by atomic mass is 10.0. The minimum absolute atomic E-state index is 0.0341. The van der Waals surface area contributed by atoms with Gasteiger partial charge in [0.25, 0.3) is 0 Å². The molecule has 3 saturated heterocycles. The second kappa shape index (κ2) is 5.41. The Morgan fingerprint density at radius 2 is 2.16 bits per heavy atom. The Hall–Kier alpha value is -2.18. The van der Waals surface area contributed by atoms with Crippen molar-refractivity contribution in [2.75, 3.05) is 13.2 Å². The Morgan fingerprint density at radius 3 is 2.92 bits per heavy atom. The third kappa shape index (κ3) is 2.10. The zero-order valence-corrected chi connectivity index (χ0v) is 14.3. The second-order valence-corrected chi connectivity index (χ2v) is 7.24. The fraction of sp³-hybridized carbons (Fsp3) is 0.474. The zero-order valence-electron chi connectivity index (χ0n) is 14.3. The largest absolute Gasteiger partial charge is 0.351 e. The second-order valence-electron chi connectivity index (χ2n) is 7.24. The SMILES string of the molecule is Cn1ccnc1CN1CC[C@@]23OC[C@@H](c4ccccc4)N2C(=O)C[C@@H]13. The number of hydrogen-bond donors (Lipinski definition) is 0. The molecule has 0 saturated carbocycles. The number of aromatic nitrogens is 2. The van der Waals surface area contributed by atoms with Crippen molar-refractivity contribution in [2.24, 2.45) is 7.05 Å². The van der Waals surface area contributed by atoms with Crippen LogP contribution in [-0.2, 0) is 23.1 Å². The molecular weight excluding hydrogens is 316 g/mol. The third-order valence-corrected chi connectivity index (χ3v) is 6.02. The quantitative estimate of drug-likeness (QED) is 0.855. The summed E-state index contributed by atoms with van der Waals surface area (Å²) in [5.41, 5.74) is 0.707. The number of hydrogen-bond acceptors (Lipinski definition) is 4. The van der Waals surface area contributed by atoms with Gasteiger partial charge in [0.1, 0.15) is 5.82 Å². The van der Waals surface area contributed by atoms with Gasteiger partial charge in [0, 0.05) is 38.8 Å². The highest BCUT2D eigenvalue weighted by Gasteiger charge is 2.64. The van der Waals surface area contributed by atoms with Gasteiger partial charge >= 0.3 is 0 Å². The first-order valence-electron chi connectivity index (χ1n) is 8.90. The number of rotatable bonds is 3. The van der Waals surface area contributed by atoms with Crippen LogP contribution in [0.2, 0.25) is 0 Å². The van der Waals surface area contributed by atoms with Gasteiger partial charge in [-0.3, -0.25) is 9.69 Å². The van der Waals surface area contributed by atoms with Crippen LogP contribution >= 0.6 is 0 Å². The normalized spacial score (nSPS) is 31.6. The minimum atomic E-state index is -0.456. The molecule has 3 fully saturated rings.